The van der Waals surface area contributed by atoms with Gasteiger partial charge in [0.15, 0.2) is 11.3 Å². The summed E-state index contributed by atoms with van der Waals surface area (Å²) in [5, 5.41) is 11.7. The Balaban J connectivity index is 1.50. The van der Waals surface area contributed by atoms with E-state index in [0.29, 0.717) is 28.4 Å². The van der Waals surface area contributed by atoms with Crippen molar-refractivity contribution < 1.29 is 4.79 Å². The molecule has 0 radical (unpaired) electrons. The number of aromatic nitrogens is 5. The number of pyridine rings is 2. The quantitative estimate of drug-likeness (QED) is 0.265. The van der Waals surface area contributed by atoms with Gasteiger partial charge in [0.2, 0.25) is 11.6 Å². The van der Waals surface area contributed by atoms with E-state index in [9.17, 15) is 4.79 Å². The van der Waals surface area contributed by atoms with Crippen molar-refractivity contribution in [2.75, 3.05) is 0 Å². The van der Waals surface area contributed by atoms with Gasteiger partial charge in [0.05, 0.1) is 0 Å². The van der Waals surface area contributed by atoms with Crippen LogP contribution in [0.4, 0.5) is 0 Å². The molecule has 6 heteroatoms. The molecule has 0 aliphatic heterocycles. The van der Waals surface area contributed by atoms with Crippen molar-refractivity contribution in [1.82, 2.24) is 25.1 Å². The molecule has 3 aromatic carbocycles. The van der Waals surface area contributed by atoms with Crippen LogP contribution in [0.15, 0.2) is 103 Å². The van der Waals surface area contributed by atoms with Gasteiger partial charge >= 0.3 is 0 Å². The second-order valence-corrected chi connectivity index (χ2v) is 7.81. The van der Waals surface area contributed by atoms with Crippen LogP contribution in [0.2, 0.25) is 0 Å². The highest BCUT2D eigenvalue weighted by molar-refractivity contribution is 6.11. The number of hydrogen-bond donors (Lipinski definition) is 0. The zero-order valence-corrected chi connectivity index (χ0v) is 18.0. The molecule has 0 aliphatic rings. The monoisotopic (exact) mass is 439 g/mol. The van der Waals surface area contributed by atoms with Gasteiger partial charge in [-0.1, -0.05) is 84.9 Å². The molecule has 3 aromatic heterocycles. The zero-order valence-electron chi connectivity index (χ0n) is 18.0. The Kier molecular flexibility index (Phi) is 4.81. The van der Waals surface area contributed by atoms with Crippen molar-refractivity contribution in [1.29, 1.82) is 0 Å². The second-order valence-electron chi connectivity index (χ2n) is 7.81. The van der Waals surface area contributed by atoms with Crippen molar-refractivity contribution >= 4 is 27.6 Å². The summed E-state index contributed by atoms with van der Waals surface area (Å²) < 4.78 is 0. The van der Waals surface area contributed by atoms with Crippen LogP contribution in [-0.2, 0) is 0 Å². The van der Waals surface area contributed by atoms with E-state index in [-0.39, 0.29) is 11.5 Å². The van der Waals surface area contributed by atoms with Gasteiger partial charge < -0.3 is 0 Å². The molecule has 0 fully saturated rings. The summed E-state index contributed by atoms with van der Waals surface area (Å²) in [6.45, 7) is 0. The minimum atomic E-state index is -0.231. The fourth-order valence-electron chi connectivity index (χ4n) is 3.98. The van der Waals surface area contributed by atoms with Gasteiger partial charge in [-0.3, -0.25) is 4.79 Å². The van der Waals surface area contributed by atoms with Crippen molar-refractivity contribution in [2.45, 2.75) is 0 Å². The molecular weight excluding hydrogens is 422 g/mol. The standard InChI is InChI=1S/C28H17N5O/c34-26(19-11-5-2-6-12-19)25-24(18-9-3-1-4-10-18)31-28(33-32-25)23-16-15-22-21-14-8-7-13-20(21)17-29-27(22)30-23/h1-17H. The first-order chi connectivity index (χ1) is 16.8. The molecule has 0 unspecified atom stereocenters. The molecule has 0 bridgehead atoms. The first kappa shape index (κ1) is 19.8. The number of nitrogens with zero attached hydrogens (tertiary/aromatic N) is 5. The summed E-state index contributed by atoms with van der Waals surface area (Å²) in [5.41, 5.74) is 3.12. The van der Waals surface area contributed by atoms with Crippen LogP contribution >= 0.6 is 0 Å². The Morgan fingerprint density at radius 1 is 0.647 bits per heavy atom. The first-order valence-corrected chi connectivity index (χ1v) is 10.8. The molecule has 0 saturated carbocycles. The Labute approximate surface area is 195 Å². The van der Waals surface area contributed by atoms with Crippen LogP contribution in [0.5, 0.6) is 0 Å². The molecule has 0 N–H and O–H groups in total. The molecular formula is C28H17N5O. The molecule has 3 heterocycles. The number of hydrogen-bond acceptors (Lipinski definition) is 6. The van der Waals surface area contributed by atoms with E-state index in [4.69, 9.17) is 9.97 Å². The number of carbonyl (C=O) groups excluding carboxylic acids is 1. The van der Waals surface area contributed by atoms with E-state index in [1.807, 2.05) is 85.1 Å². The van der Waals surface area contributed by atoms with E-state index in [2.05, 4.69) is 21.2 Å². The Hall–Kier alpha value is -4.84. The van der Waals surface area contributed by atoms with Crippen LogP contribution in [0, 0.1) is 0 Å². The van der Waals surface area contributed by atoms with Crippen molar-refractivity contribution in [3.63, 3.8) is 0 Å². The molecule has 6 nitrogen and oxygen atoms in total. The van der Waals surface area contributed by atoms with E-state index in [1.165, 1.54) is 0 Å². The lowest BCUT2D eigenvalue weighted by Crippen LogP contribution is -2.11. The van der Waals surface area contributed by atoms with Gasteiger partial charge in [0.1, 0.15) is 11.4 Å². The predicted octanol–water partition coefficient (Wildman–Crippen LogP) is 5.53. The minimum Gasteiger partial charge on any atom is -0.287 e. The maximum absolute atomic E-state index is 13.2. The second kappa shape index (κ2) is 8.26. The molecule has 160 valence electrons. The van der Waals surface area contributed by atoms with E-state index in [1.54, 1.807) is 12.1 Å². The van der Waals surface area contributed by atoms with E-state index >= 15 is 0 Å². The molecule has 0 saturated heterocycles. The van der Waals surface area contributed by atoms with Crippen molar-refractivity contribution in [2.24, 2.45) is 0 Å². The number of fused-ring (bicyclic) bond motifs is 3. The third-order valence-corrected chi connectivity index (χ3v) is 5.67. The largest absolute Gasteiger partial charge is 0.287 e. The van der Waals surface area contributed by atoms with Crippen molar-refractivity contribution in [3.8, 4) is 22.8 Å². The summed E-state index contributed by atoms with van der Waals surface area (Å²) in [5.74, 6) is 0.103. The summed E-state index contributed by atoms with van der Waals surface area (Å²) in [6, 6.07) is 30.4. The maximum Gasteiger partial charge on any atom is 0.215 e. The van der Waals surface area contributed by atoms with E-state index in [0.717, 1.165) is 21.7 Å². The summed E-state index contributed by atoms with van der Waals surface area (Å²) in [6.07, 6.45) is 1.81. The lowest BCUT2D eigenvalue weighted by molar-refractivity contribution is 0.103. The van der Waals surface area contributed by atoms with Crippen LogP contribution in [0.25, 0.3) is 44.6 Å². The average molecular weight is 439 g/mol. The van der Waals surface area contributed by atoms with Crippen LogP contribution in [-0.4, -0.2) is 30.9 Å². The third kappa shape index (κ3) is 3.47. The predicted molar refractivity (Wildman–Crippen MR) is 131 cm³/mol. The zero-order chi connectivity index (χ0) is 22.9. The molecule has 0 aliphatic carbocycles. The summed E-state index contributed by atoms with van der Waals surface area (Å²) >= 11 is 0. The van der Waals surface area contributed by atoms with Gasteiger partial charge in [0.25, 0.3) is 0 Å². The lowest BCUT2D eigenvalue weighted by atomic mass is 10.0. The number of carbonyl (C=O) groups is 1. The molecule has 6 rings (SSSR count). The number of ketones is 1. The van der Waals surface area contributed by atoms with Crippen LogP contribution in [0.1, 0.15) is 16.1 Å². The van der Waals surface area contributed by atoms with Gasteiger partial charge in [-0.15, -0.1) is 10.2 Å². The molecule has 34 heavy (non-hydrogen) atoms. The first-order valence-electron chi connectivity index (χ1n) is 10.8. The van der Waals surface area contributed by atoms with Gasteiger partial charge in [0, 0.05) is 28.1 Å². The van der Waals surface area contributed by atoms with Gasteiger partial charge in [-0.25, -0.2) is 15.0 Å². The fraction of sp³-hybridized carbons (Fsp3) is 0. The smallest absolute Gasteiger partial charge is 0.215 e. The van der Waals surface area contributed by atoms with Gasteiger partial charge in [-0.05, 0) is 17.5 Å². The molecule has 0 atom stereocenters. The summed E-state index contributed by atoms with van der Waals surface area (Å²) in [7, 11) is 0. The lowest BCUT2D eigenvalue weighted by Gasteiger charge is -2.09. The highest BCUT2D eigenvalue weighted by Crippen LogP contribution is 2.27. The maximum atomic E-state index is 13.2. The molecule has 0 spiro atoms. The van der Waals surface area contributed by atoms with E-state index < -0.39 is 0 Å². The molecule has 0 amide bonds. The SMILES string of the molecule is O=C(c1ccccc1)c1nnc(-c2ccc3c(ncc4ccccc43)n2)nc1-c1ccccc1. The number of rotatable bonds is 4. The Morgan fingerprint density at radius 2 is 1.38 bits per heavy atom. The number of benzene rings is 3. The van der Waals surface area contributed by atoms with Crippen LogP contribution < -0.4 is 0 Å². The Bertz CT molecular complexity index is 1670. The van der Waals surface area contributed by atoms with Crippen molar-refractivity contribution in [3.05, 3.63) is 115 Å². The highest BCUT2D eigenvalue weighted by atomic mass is 16.1. The highest BCUT2D eigenvalue weighted by Gasteiger charge is 2.21. The fourth-order valence-corrected chi connectivity index (χ4v) is 3.98. The topological polar surface area (TPSA) is 81.5 Å². The third-order valence-electron chi connectivity index (χ3n) is 5.67. The molecule has 6 aromatic rings. The van der Waals surface area contributed by atoms with Crippen LogP contribution in [0.3, 0.4) is 0 Å². The summed E-state index contributed by atoms with van der Waals surface area (Å²) in [4.78, 5) is 27.2. The Morgan fingerprint density at radius 3 is 2.21 bits per heavy atom. The normalized spacial score (nSPS) is 11.1. The average Bonchev–Trinajstić information content (AvgIpc) is 2.93. The van der Waals surface area contributed by atoms with Gasteiger partial charge in [-0.2, -0.15) is 0 Å². The minimum absolute atomic E-state index is 0.200.